The van der Waals surface area contributed by atoms with E-state index in [0.29, 0.717) is 18.9 Å². The third-order valence-electron chi connectivity index (χ3n) is 4.69. The van der Waals surface area contributed by atoms with Crippen molar-refractivity contribution in [2.24, 2.45) is 4.99 Å². The van der Waals surface area contributed by atoms with Crippen molar-refractivity contribution in [2.45, 2.75) is 33.7 Å². The van der Waals surface area contributed by atoms with Gasteiger partial charge in [0.1, 0.15) is 5.82 Å². The first kappa shape index (κ1) is 24.4. The van der Waals surface area contributed by atoms with Crippen LogP contribution >= 0.6 is 35.5 Å². The monoisotopic (exact) mass is 546 g/mol. The van der Waals surface area contributed by atoms with E-state index in [1.54, 1.807) is 6.07 Å². The highest BCUT2D eigenvalue weighted by Crippen LogP contribution is 2.27. The van der Waals surface area contributed by atoms with Gasteiger partial charge in [-0.15, -0.1) is 24.0 Å². The van der Waals surface area contributed by atoms with Gasteiger partial charge in [-0.2, -0.15) is 4.37 Å². The van der Waals surface area contributed by atoms with Crippen molar-refractivity contribution in [1.29, 1.82) is 0 Å². The summed E-state index contributed by atoms with van der Waals surface area (Å²) in [4.78, 5) is 14.0. The molecule has 1 saturated heterocycles. The molecule has 10 heteroatoms. The zero-order valence-corrected chi connectivity index (χ0v) is 20.9. The number of piperazine rings is 1. The normalized spacial score (nSPS) is 14.4. The molecule has 0 bridgehead atoms. The van der Waals surface area contributed by atoms with Crippen molar-refractivity contribution < 1.29 is 9.84 Å². The van der Waals surface area contributed by atoms with E-state index in [2.05, 4.69) is 38.3 Å². The van der Waals surface area contributed by atoms with Crippen LogP contribution in [0, 0.1) is 0 Å². The molecule has 1 aromatic heterocycles. The van der Waals surface area contributed by atoms with E-state index in [1.165, 1.54) is 11.5 Å². The van der Waals surface area contributed by atoms with Crippen LogP contribution in [0.5, 0.6) is 11.5 Å². The van der Waals surface area contributed by atoms with Crippen LogP contribution < -0.4 is 15.0 Å². The van der Waals surface area contributed by atoms with E-state index < -0.39 is 0 Å². The Kier molecular flexibility index (Phi) is 9.89. The number of nitrogens with one attached hydrogen (secondary N) is 1. The number of nitrogens with zero attached hydrogens (tertiary/aromatic N) is 5. The fraction of sp³-hybridized carbons (Fsp3) is 0.550. The molecule has 0 aliphatic carbocycles. The quantitative estimate of drug-likeness (QED) is 0.314. The van der Waals surface area contributed by atoms with Gasteiger partial charge in [0.15, 0.2) is 17.5 Å². The van der Waals surface area contributed by atoms with E-state index in [9.17, 15) is 5.11 Å². The van der Waals surface area contributed by atoms with E-state index in [1.807, 2.05) is 19.1 Å². The maximum absolute atomic E-state index is 9.87. The summed E-state index contributed by atoms with van der Waals surface area (Å²) in [6.07, 6.45) is 0.871. The fourth-order valence-electron chi connectivity index (χ4n) is 3.15. The van der Waals surface area contributed by atoms with Gasteiger partial charge in [-0.1, -0.05) is 13.0 Å². The van der Waals surface area contributed by atoms with Gasteiger partial charge >= 0.3 is 0 Å². The largest absolute Gasteiger partial charge is 0.504 e. The zero-order valence-electron chi connectivity index (χ0n) is 17.8. The second kappa shape index (κ2) is 12.1. The van der Waals surface area contributed by atoms with E-state index in [-0.39, 0.29) is 29.7 Å². The molecule has 0 atom stereocenters. The number of guanidine groups is 1. The number of aliphatic imine (C=N–C) groups is 1. The summed E-state index contributed by atoms with van der Waals surface area (Å²) in [7, 11) is 0. The number of hydrogen-bond acceptors (Lipinski definition) is 7. The van der Waals surface area contributed by atoms with Gasteiger partial charge in [-0.25, -0.2) is 9.98 Å². The Morgan fingerprint density at radius 1 is 1.23 bits per heavy atom. The predicted octanol–water partition coefficient (Wildman–Crippen LogP) is 3.11. The third-order valence-corrected chi connectivity index (χ3v) is 5.51. The average molecular weight is 546 g/mol. The minimum atomic E-state index is 0. The number of phenolic OH excluding ortho intramolecular Hbond substituents is 1. The molecule has 1 aromatic carbocycles. The van der Waals surface area contributed by atoms with Crippen LogP contribution in [0.3, 0.4) is 0 Å². The third kappa shape index (κ3) is 6.34. The molecule has 2 heterocycles. The number of anilines is 1. The first-order valence-corrected chi connectivity index (χ1v) is 11.0. The van der Waals surface area contributed by atoms with Crippen LogP contribution in [0.4, 0.5) is 5.13 Å². The summed E-state index contributed by atoms with van der Waals surface area (Å²) < 4.78 is 9.87. The maximum Gasteiger partial charge on any atom is 0.205 e. The molecular weight excluding hydrogens is 515 g/mol. The van der Waals surface area contributed by atoms with Gasteiger partial charge < -0.3 is 25.0 Å². The van der Waals surface area contributed by atoms with Crippen LogP contribution in [0.25, 0.3) is 0 Å². The maximum atomic E-state index is 9.87. The Hall–Kier alpha value is -1.82. The summed E-state index contributed by atoms with van der Waals surface area (Å²) >= 11 is 1.48. The van der Waals surface area contributed by atoms with Crippen molar-refractivity contribution >= 4 is 46.6 Å². The predicted molar refractivity (Wildman–Crippen MR) is 133 cm³/mol. The number of halogens is 1. The standard InChI is InChI=1S/C20H30N6O2S.HI/c1-4-18-23-20(29-24-18)26-11-9-25(10-12-26)19(21-5-2)22-14-15-7-8-16(27)17(13-15)28-6-3;/h7-8,13,27H,4-6,9-12,14H2,1-3H3,(H,21,22);1H. The summed E-state index contributed by atoms with van der Waals surface area (Å²) in [6.45, 7) is 11.5. The van der Waals surface area contributed by atoms with Crippen LogP contribution in [-0.2, 0) is 13.0 Å². The number of phenols is 1. The molecule has 0 amide bonds. The molecule has 3 rings (SSSR count). The van der Waals surface area contributed by atoms with Crippen LogP contribution in [0.15, 0.2) is 23.2 Å². The molecule has 2 aromatic rings. The average Bonchev–Trinajstić information content (AvgIpc) is 3.23. The van der Waals surface area contributed by atoms with Gasteiger partial charge in [0, 0.05) is 50.7 Å². The van der Waals surface area contributed by atoms with Crippen LogP contribution in [0.1, 0.15) is 32.2 Å². The molecule has 0 unspecified atom stereocenters. The molecule has 2 N–H and O–H groups in total. The Balaban J connectivity index is 0.00000320. The Bertz CT molecular complexity index is 823. The van der Waals surface area contributed by atoms with E-state index in [4.69, 9.17) is 9.73 Å². The first-order chi connectivity index (χ1) is 14.1. The molecule has 8 nitrogen and oxygen atoms in total. The van der Waals surface area contributed by atoms with Gasteiger partial charge in [-0.05, 0) is 31.5 Å². The first-order valence-electron chi connectivity index (χ1n) is 10.2. The molecule has 0 radical (unpaired) electrons. The zero-order chi connectivity index (χ0) is 20.6. The van der Waals surface area contributed by atoms with Crippen LogP contribution in [-0.4, -0.2) is 64.7 Å². The number of benzene rings is 1. The topological polar surface area (TPSA) is 86.1 Å². The lowest BCUT2D eigenvalue weighted by Gasteiger charge is -2.36. The van der Waals surface area contributed by atoms with Crippen LogP contribution in [0.2, 0.25) is 0 Å². The van der Waals surface area contributed by atoms with Crippen molar-refractivity contribution in [3.05, 3.63) is 29.6 Å². The van der Waals surface area contributed by atoms with Crippen molar-refractivity contribution in [3.63, 3.8) is 0 Å². The highest BCUT2D eigenvalue weighted by molar-refractivity contribution is 14.0. The number of hydrogen-bond donors (Lipinski definition) is 2. The Morgan fingerprint density at radius 3 is 2.63 bits per heavy atom. The number of aromatic hydroxyl groups is 1. The van der Waals surface area contributed by atoms with E-state index >= 15 is 0 Å². The summed E-state index contributed by atoms with van der Waals surface area (Å²) in [5, 5.41) is 14.3. The molecule has 30 heavy (non-hydrogen) atoms. The van der Waals surface area contributed by atoms with Gasteiger partial charge in [0.05, 0.1) is 13.2 Å². The summed E-state index contributed by atoms with van der Waals surface area (Å²) in [6, 6.07) is 5.39. The lowest BCUT2D eigenvalue weighted by Crippen LogP contribution is -2.52. The summed E-state index contributed by atoms with van der Waals surface area (Å²) in [5.41, 5.74) is 1.00. The van der Waals surface area contributed by atoms with Crippen molar-refractivity contribution in [1.82, 2.24) is 19.6 Å². The number of ether oxygens (including phenoxy) is 1. The smallest absolute Gasteiger partial charge is 0.205 e. The second-order valence-electron chi connectivity index (χ2n) is 6.73. The second-order valence-corrected chi connectivity index (χ2v) is 7.46. The van der Waals surface area contributed by atoms with Gasteiger partial charge in [0.2, 0.25) is 5.13 Å². The molecule has 0 saturated carbocycles. The molecule has 0 spiro atoms. The number of aromatic nitrogens is 2. The Labute approximate surface area is 199 Å². The lowest BCUT2D eigenvalue weighted by atomic mass is 10.2. The van der Waals surface area contributed by atoms with Crippen molar-refractivity contribution in [3.8, 4) is 11.5 Å². The minimum absolute atomic E-state index is 0. The van der Waals surface area contributed by atoms with Gasteiger partial charge in [-0.3, -0.25) is 0 Å². The molecule has 166 valence electrons. The number of aryl methyl sites for hydroxylation is 1. The molecule has 1 aliphatic heterocycles. The molecule has 1 fully saturated rings. The van der Waals surface area contributed by atoms with E-state index in [0.717, 1.165) is 61.6 Å². The highest BCUT2D eigenvalue weighted by Gasteiger charge is 2.22. The number of rotatable bonds is 7. The molecule has 1 aliphatic rings. The SMILES string of the molecule is CCNC(=NCc1ccc(O)c(OCC)c1)N1CCN(c2nc(CC)ns2)CC1.I. The summed E-state index contributed by atoms with van der Waals surface area (Å²) in [5.74, 6) is 2.49. The lowest BCUT2D eigenvalue weighted by molar-refractivity contribution is 0.317. The Morgan fingerprint density at radius 2 is 2.00 bits per heavy atom. The van der Waals surface area contributed by atoms with Gasteiger partial charge in [0.25, 0.3) is 0 Å². The highest BCUT2D eigenvalue weighted by atomic mass is 127. The fourth-order valence-corrected chi connectivity index (χ4v) is 3.95. The minimum Gasteiger partial charge on any atom is -0.504 e. The van der Waals surface area contributed by atoms with Crippen molar-refractivity contribution in [2.75, 3.05) is 44.2 Å². The molecular formula is C20H31IN6O2S.